The number of benzene rings is 1. The number of aliphatic hydroxyl groups is 1. The van der Waals surface area contributed by atoms with E-state index in [9.17, 15) is 4.39 Å². The summed E-state index contributed by atoms with van der Waals surface area (Å²) in [5.74, 6) is 0.0993. The Morgan fingerprint density at radius 2 is 2.26 bits per heavy atom. The zero-order valence-corrected chi connectivity index (χ0v) is 10.8. The van der Waals surface area contributed by atoms with Gasteiger partial charge in [0.15, 0.2) is 0 Å². The van der Waals surface area contributed by atoms with E-state index in [-0.39, 0.29) is 12.4 Å². The van der Waals surface area contributed by atoms with Gasteiger partial charge in [-0.05, 0) is 24.7 Å². The normalized spacial score (nSPS) is 11.2. The summed E-state index contributed by atoms with van der Waals surface area (Å²) in [4.78, 5) is 6.38. The number of oxazole rings is 1. The van der Waals surface area contributed by atoms with E-state index in [0.29, 0.717) is 24.5 Å². The first kappa shape index (κ1) is 13.7. The molecule has 102 valence electrons. The summed E-state index contributed by atoms with van der Waals surface area (Å²) >= 11 is 0. The molecular weight excluding hydrogens is 247 g/mol. The minimum absolute atomic E-state index is 0.114. The molecule has 0 fully saturated rings. The van der Waals surface area contributed by atoms with E-state index in [4.69, 9.17) is 9.52 Å². The number of hydrogen-bond acceptors (Lipinski definition) is 4. The van der Waals surface area contributed by atoms with E-state index in [1.165, 1.54) is 12.1 Å². The van der Waals surface area contributed by atoms with Gasteiger partial charge in [0, 0.05) is 18.7 Å². The third-order valence-electron chi connectivity index (χ3n) is 2.87. The monoisotopic (exact) mass is 264 g/mol. The highest BCUT2D eigenvalue weighted by Crippen LogP contribution is 2.19. The van der Waals surface area contributed by atoms with Gasteiger partial charge >= 0.3 is 0 Å². The highest BCUT2D eigenvalue weighted by Gasteiger charge is 2.10. The molecule has 0 saturated heterocycles. The fourth-order valence-electron chi connectivity index (χ4n) is 1.85. The Kier molecular flexibility index (Phi) is 4.65. The van der Waals surface area contributed by atoms with E-state index in [1.807, 2.05) is 11.8 Å². The second-order valence-corrected chi connectivity index (χ2v) is 4.25. The summed E-state index contributed by atoms with van der Waals surface area (Å²) < 4.78 is 18.5. The molecule has 1 aromatic heterocycles. The Balaban J connectivity index is 2.10. The third-order valence-corrected chi connectivity index (χ3v) is 2.87. The van der Waals surface area contributed by atoms with E-state index in [0.717, 1.165) is 12.2 Å². The molecule has 1 N–H and O–H groups in total. The summed E-state index contributed by atoms with van der Waals surface area (Å²) in [5, 5.41) is 8.93. The Labute approximate surface area is 111 Å². The maximum Gasteiger partial charge on any atom is 0.226 e. The van der Waals surface area contributed by atoms with Gasteiger partial charge in [-0.3, -0.25) is 4.90 Å². The zero-order valence-electron chi connectivity index (χ0n) is 10.8. The fraction of sp³-hybridized carbons (Fsp3) is 0.357. The van der Waals surface area contributed by atoms with Crippen molar-refractivity contribution in [1.29, 1.82) is 0 Å². The van der Waals surface area contributed by atoms with Gasteiger partial charge in [0.05, 0.1) is 12.3 Å². The molecule has 1 heterocycles. The van der Waals surface area contributed by atoms with Gasteiger partial charge < -0.3 is 9.52 Å². The number of halogens is 1. The van der Waals surface area contributed by atoms with Crippen molar-refractivity contribution in [3.05, 3.63) is 42.0 Å². The molecule has 2 aromatic rings. The molecule has 0 aliphatic heterocycles. The van der Waals surface area contributed by atoms with Crippen molar-refractivity contribution >= 4 is 0 Å². The number of nitrogens with zero attached hydrogens (tertiary/aromatic N) is 2. The third kappa shape index (κ3) is 3.62. The van der Waals surface area contributed by atoms with Gasteiger partial charge in [0.1, 0.15) is 12.1 Å². The van der Waals surface area contributed by atoms with Gasteiger partial charge in [-0.25, -0.2) is 9.37 Å². The largest absolute Gasteiger partial charge is 0.444 e. The molecule has 0 aliphatic rings. The first-order valence-corrected chi connectivity index (χ1v) is 6.26. The maximum atomic E-state index is 13.1. The van der Waals surface area contributed by atoms with Crippen LogP contribution in [0.3, 0.4) is 0 Å². The summed E-state index contributed by atoms with van der Waals surface area (Å²) in [6.07, 6.45) is 1.57. The van der Waals surface area contributed by atoms with Crippen LogP contribution in [0.5, 0.6) is 0 Å². The van der Waals surface area contributed by atoms with Crippen molar-refractivity contribution in [2.45, 2.75) is 13.5 Å². The summed E-state index contributed by atoms with van der Waals surface area (Å²) in [7, 11) is 0. The number of likely N-dealkylation sites (N-methyl/N-ethyl adjacent to an activating group) is 1. The van der Waals surface area contributed by atoms with Crippen LogP contribution in [0.1, 0.15) is 12.6 Å². The molecule has 0 unspecified atom stereocenters. The molecule has 0 atom stereocenters. The van der Waals surface area contributed by atoms with Crippen molar-refractivity contribution in [2.24, 2.45) is 0 Å². The second-order valence-electron chi connectivity index (χ2n) is 4.25. The quantitative estimate of drug-likeness (QED) is 0.869. The first-order valence-electron chi connectivity index (χ1n) is 6.26. The van der Waals surface area contributed by atoms with Crippen molar-refractivity contribution in [3.63, 3.8) is 0 Å². The predicted molar refractivity (Wildman–Crippen MR) is 69.9 cm³/mol. The first-order chi connectivity index (χ1) is 9.22. The zero-order chi connectivity index (χ0) is 13.7. The molecule has 0 bridgehead atoms. The topological polar surface area (TPSA) is 49.5 Å². The van der Waals surface area contributed by atoms with E-state index < -0.39 is 0 Å². The molecule has 2 rings (SSSR count). The molecule has 0 spiro atoms. The molecule has 4 nitrogen and oxygen atoms in total. The molecule has 0 saturated carbocycles. The lowest BCUT2D eigenvalue weighted by Gasteiger charge is -2.16. The van der Waals surface area contributed by atoms with Crippen LogP contribution in [0.4, 0.5) is 4.39 Å². The fourth-order valence-corrected chi connectivity index (χ4v) is 1.85. The average molecular weight is 264 g/mol. The number of aromatic nitrogens is 1. The van der Waals surface area contributed by atoms with Crippen LogP contribution in [0, 0.1) is 5.82 Å². The molecular formula is C14H17FN2O2. The predicted octanol–water partition coefficient (Wildman–Crippen LogP) is 2.29. The summed E-state index contributed by atoms with van der Waals surface area (Å²) in [6.45, 7) is 4.16. The van der Waals surface area contributed by atoms with E-state index in [1.54, 1.807) is 18.4 Å². The summed E-state index contributed by atoms with van der Waals surface area (Å²) in [5.41, 5.74) is 1.39. The van der Waals surface area contributed by atoms with Crippen LogP contribution in [-0.4, -0.2) is 34.7 Å². The van der Waals surface area contributed by atoms with Crippen LogP contribution in [0.15, 0.2) is 34.9 Å². The Hall–Kier alpha value is -1.72. The van der Waals surface area contributed by atoms with E-state index in [2.05, 4.69) is 4.98 Å². The van der Waals surface area contributed by atoms with Gasteiger partial charge in [0.25, 0.3) is 0 Å². The molecule has 0 amide bonds. The Bertz CT molecular complexity index is 528. The average Bonchev–Trinajstić information content (AvgIpc) is 2.87. The minimum Gasteiger partial charge on any atom is -0.444 e. The standard InChI is InChI=1S/C14H17FN2O2/c1-2-17(6-7-18)9-13-10-19-14(16-13)11-4-3-5-12(15)8-11/h3-5,8,10,18H,2,6-7,9H2,1H3. The van der Waals surface area contributed by atoms with Gasteiger partial charge in [-0.2, -0.15) is 0 Å². The number of aliphatic hydroxyl groups excluding tert-OH is 1. The SMILES string of the molecule is CCN(CCO)Cc1coc(-c2cccc(F)c2)n1. The van der Waals surface area contributed by atoms with Crippen LogP contribution >= 0.6 is 0 Å². The number of rotatable bonds is 6. The smallest absolute Gasteiger partial charge is 0.226 e. The Morgan fingerprint density at radius 1 is 1.42 bits per heavy atom. The molecule has 5 heteroatoms. The van der Waals surface area contributed by atoms with Crippen LogP contribution in [-0.2, 0) is 6.54 Å². The second kappa shape index (κ2) is 6.45. The van der Waals surface area contributed by atoms with Crippen LogP contribution in [0.2, 0.25) is 0 Å². The van der Waals surface area contributed by atoms with Crippen LogP contribution < -0.4 is 0 Å². The van der Waals surface area contributed by atoms with Gasteiger partial charge in [-0.15, -0.1) is 0 Å². The van der Waals surface area contributed by atoms with Gasteiger partial charge in [0.2, 0.25) is 5.89 Å². The van der Waals surface area contributed by atoms with Crippen molar-refractivity contribution in [1.82, 2.24) is 9.88 Å². The lowest BCUT2D eigenvalue weighted by Crippen LogP contribution is -2.26. The van der Waals surface area contributed by atoms with Crippen molar-refractivity contribution in [2.75, 3.05) is 19.7 Å². The molecule has 0 aliphatic carbocycles. The molecule has 0 radical (unpaired) electrons. The highest BCUT2D eigenvalue weighted by atomic mass is 19.1. The Morgan fingerprint density at radius 3 is 2.95 bits per heavy atom. The summed E-state index contributed by atoms with van der Waals surface area (Å²) in [6, 6.07) is 6.15. The van der Waals surface area contributed by atoms with Crippen molar-refractivity contribution < 1.29 is 13.9 Å². The number of hydrogen-bond donors (Lipinski definition) is 1. The van der Waals surface area contributed by atoms with Crippen LogP contribution in [0.25, 0.3) is 11.5 Å². The molecule has 19 heavy (non-hydrogen) atoms. The lowest BCUT2D eigenvalue weighted by atomic mass is 10.2. The molecule has 1 aromatic carbocycles. The van der Waals surface area contributed by atoms with Gasteiger partial charge in [-0.1, -0.05) is 13.0 Å². The van der Waals surface area contributed by atoms with E-state index >= 15 is 0 Å². The van der Waals surface area contributed by atoms with Crippen molar-refractivity contribution in [3.8, 4) is 11.5 Å². The minimum atomic E-state index is -0.312. The lowest BCUT2D eigenvalue weighted by molar-refractivity contribution is 0.195. The highest BCUT2D eigenvalue weighted by molar-refractivity contribution is 5.52. The maximum absolute atomic E-state index is 13.1.